The Bertz CT molecular complexity index is 903. The minimum absolute atomic E-state index is 0.0534. The highest BCUT2D eigenvalue weighted by Gasteiger charge is 2.33. The Morgan fingerprint density at radius 2 is 1.97 bits per heavy atom. The molecule has 2 heterocycles. The average molecular weight is 493 g/mol. The van der Waals surface area contributed by atoms with Gasteiger partial charge in [-0.25, -0.2) is 9.18 Å². The Hall–Kier alpha value is -2.46. The van der Waals surface area contributed by atoms with E-state index in [1.54, 1.807) is 17.0 Å². The van der Waals surface area contributed by atoms with Crippen molar-refractivity contribution in [3.05, 3.63) is 24.0 Å². The first-order valence-electron chi connectivity index (χ1n) is 12.0. The van der Waals surface area contributed by atoms with Crippen molar-refractivity contribution in [2.45, 2.75) is 38.2 Å². The van der Waals surface area contributed by atoms with Crippen molar-refractivity contribution in [3.63, 3.8) is 0 Å². The summed E-state index contributed by atoms with van der Waals surface area (Å²) in [6, 6.07) is 4.80. The summed E-state index contributed by atoms with van der Waals surface area (Å²) in [6.07, 6.45) is 5.10. The number of halogens is 1. The van der Waals surface area contributed by atoms with E-state index < -0.39 is 11.9 Å². The summed E-state index contributed by atoms with van der Waals surface area (Å²) in [5, 5.41) is 3.24. The molecule has 1 saturated carbocycles. The lowest BCUT2D eigenvalue weighted by Gasteiger charge is -2.36. The van der Waals surface area contributed by atoms with E-state index in [4.69, 9.17) is 21.7 Å². The van der Waals surface area contributed by atoms with Gasteiger partial charge in [-0.15, -0.1) is 0 Å². The van der Waals surface area contributed by atoms with Gasteiger partial charge in [0, 0.05) is 39.7 Å². The highest BCUT2D eigenvalue weighted by atomic mass is 32.1. The molecule has 1 aromatic rings. The maximum atomic E-state index is 15.0. The van der Waals surface area contributed by atoms with Crippen molar-refractivity contribution < 1.29 is 23.5 Å². The van der Waals surface area contributed by atoms with Crippen LogP contribution in [0.15, 0.2) is 18.2 Å². The fourth-order valence-electron chi connectivity index (χ4n) is 4.95. The molecule has 1 aliphatic carbocycles. The Morgan fingerprint density at radius 1 is 1.24 bits per heavy atom. The number of benzene rings is 1. The van der Waals surface area contributed by atoms with Crippen LogP contribution in [0.1, 0.15) is 32.1 Å². The number of anilines is 2. The molecule has 0 radical (unpaired) electrons. The zero-order valence-corrected chi connectivity index (χ0v) is 20.4. The SMILES string of the molecule is COCC(=O)N1CCN(c2ccc(N3C[C@H](CNC(=S)CC4CCCC4)OC3=O)cc2F)CC1. The molecule has 0 aromatic heterocycles. The molecule has 1 atom stereocenters. The molecule has 3 aliphatic rings. The molecule has 2 saturated heterocycles. The maximum absolute atomic E-state index is 15.0. The van der Waals surface area contributed by atoms with Crippen LogP contribution in [0.2, 0.25) is 0 Å². The molecule has 4 rings (SSSR count). The summed E-state index contributed by atoms with van der Waals surface area (Å²) in [6.45, 7) is 2.95. The number of ether oxygens (including phenoxy) is 2. The molecule has 1 N–H and O–H groups in total. The lowest BCUT2D eigenvalue weighted by atomic mass is 10.0. The van der Waals surface area contributed by atoms with Crippen LogP contribution in [-0.2, 0) is 14.3 Å². The molecular formula is C24H33FN4O4S. The van der Waals surface area contributed by atoms with Crippen molar-refractivity contribution in [3.8, 4) is 0 Å². The van der Waals surface area contributed by atoms with E-state index in [-0.39, 0.29) is 18.6 Å². The van der Waals surface area contributed by atoms with E-state index in [1.807, 2.05) is 4.90 Å². The summed E-state index contributed by atoms with van der Waals surface area (Å²) in [5.74, 6) is 0.202. The zero-order valence-electron chi connectivity index (χ0n) is 19.6. The third-order valence-corrected chi connectivity index (χ3v) is 7.14. The molecular weight excluding hydrogens is 459 g/mol. The van der Waals surface area contributed by atoms with E-state index in [9.17, 15) is 14.0 Å². The van der Waals surface area contributed by atoms with Crippen LogP contribution in [0.5, 0.6) is 0 Å². The zero-order chi connectivity index (χ0) is 24.1. The van der Waals surface area contributed by atoms with Crippen LogP contribution < -0.4 is 15.1 Å². The Balaban J connectivity index is 1.29. The molecule has 2 aliphatic heterocycles. The van der Waals surface area contributed by atoms with E-state index in [0.717, 1.165) is 11.4 Å². The summed E-state index contributed by atoms with van der Waals surface area (Å²) < 4.78 is 25.4. The monoisotopic (exact) mass is 492 g/mol. The molecule has 2 amide bonds. The van der Waals surface area contributed by atoms with Gasteiger partial charge in [0.05, 0.1) is 29.5 Å². The smallest absolute Gasteiger partial charge is 0.414 e. The molecule has 8 nitrogen and oxygen atoms in total. The standard InChI is InChI=1S/C24H33FN4O4S/c1-32-16-23(30)28-10-8-27(9-11-28)21-7-6-18(13-20(21)25)29-15-19(33-24(29)31)14-26-22(34)12-17-4-2-3-5-17/h6-7,13,17,19H,2-5,8-12,14-16H2,1H3,(H,26,34)/t19-/m0/s1. The van der Waals surface area contributed by atoms with Crippen LogP contribution in [0.25, 0.3) is 0 Å². The lowest BCUT2D eigenvalue weighted by molar-refractivity contribution is -0.135. The second-order valence-corrected chi connectivity index (χ2v) is 9.70. The number of hydrogen-bond donors (Lipinski definition) is 1. The summed E-state index contributed by atoms with van der Waals surface area (Å²) in [5.41, 5.74) is 0.932. The molecule has 186 valence electrons. The summed E-state index contributed by atoms with van der Waals surface area (Å²) in [4.78, 5) is 30.3. The van der Waals surface area contributed by atoms with Gasteiger partial charge >= 0.3 is 6.09 Å². The van der Waals surface area contributed by atoms with Crippen molar-refractivity contribution in [2.75, 3.05) is 62.8 Å². The summed E-state index contributed by atoms with van der Waals surface area (Å²) in [7, 11) is 1.49. The first-order valence-corrected chi connectivity index (χ1v) is 12.4. The van der Waals surface area contributed by atoms with Gasteiger partial charge in [-0.1, -0.05) is 37.9 Å². The number of nitrogens with zero attached hydrogens (tertiary/aromatic N) is 3. The van der Waals surface area contributed by atoms with Gasteiger partial charge in [0.1, 0.15) is 18.5 Å². The van der Waals surface area contributed by atoms with Gasteiger partial charge in [0.15, 0.2) is 0 Å². The maximum Gasteiger partial charge on any atom is 0.414 e. The fourth-order valence-corrected chi connectivity index (χ4v) is 5.27. The number of nitrogens with one attached hydrogen (secondary N) is 1. The number of hydrogen-bond acceptors (Lipinski definition) is 6. The molecule has 1 aromatic carbocycles. The predicted octanol–water partition coefficient (Wildman–Crippen LogP) is 2.94. The Morgan fingerprint density at radius 3 is 2.65 bits per heavy atom. The second-order valence-electron chi connectivity index (χ2n) is 9.21. The largest absolute Gasteiger partial charge is 0.442 e. The van der Waals surface area contributed by atoms with Gasteiger partial charge in [-0.3, -0.25) is 9.69 Å². The number of methoxy groups -OCH3 is 1. The van der Waals surface area contributed by atoms with Crippen LogP contribution >= 0.6 is 12.2 Å². The van der Waals surface area contributed by atoms with Crippen molar-refractivity contribution >= 4 is 40.6 Å². The topological polar surface area (TPSA) is 74.3 Å². The minimum Gasteiger partial charge on any atom is -0.442 e. The van der Waals surface area contributed by atoms with E-state index >= 15 is 0 Å². The average Bonchev–Trinajstić information content (AvgIpc) is 3.47. The quantitative estimate of drug-likeness (QED) is 0.560. The van der Waals surface area contributed by atoms with Crippen LogP contribution in [0.3, 0.4) is 0 Å². The number of rotatable bonds is 8. The third kappa shape index (κ3) is 5.96. The van der Waals surface area contributed by atoms with Crippen LogP contribution in [-0.4, -0.2) is 81.0 Å². The first-order chi connectivity index (χ1) is 16.4. The molecule has 0 unspecified atom stereocenters. The fraction of sp³-hybridized carbons (Fsp3) is 0.625. The van der Waals surface area contributed by atoms with Gasteiger partial charge in [0.25, 0.3) is 0 Å². The van der Waals surface area contributed by atoms with Crippen molar-refractivity contribution in [2.24, 2.45) is 5.92 Å². The van der Waals surface area contributed by atoms with Crippen molar-refractivity contribution in [1.82, 2.24) is 10.2 Å². The predicted molar refractivity (Wildman–Crippen MR) is 132 cm³/mol. The number of thiocarbonyl (C=S) groups is 1. The number of carbonyl (C=O) groups is 2. The van der Waals surface area contributed by atoms with E-state index in [1.165, 1.54) is 43.8 Å². The molecule has 0 spiro atoms. The number of cyclic esters (lactones) is 1. The lowest BCUT2D eigenvalue weighted by Crippen LogP contribution is -2.50. The molecule has 34 heavy (non-hydrogen) atoms. The molecule has 0 bridgehead atoms. The Kier molecular flexibility index (Phi) is 8.20. The number of carbonyl (C=O) groups excluding carboxylic acids is 2. The minimum atomic E-state index is -0.481. The number of piperazine rings is 1. The van der Waals surface area contributed by atoms with E-state index in [2.05, 4.69) is 5.32 Å². The third-order valence-electron chi connectivity index (χ3n) is 6.83. The molecule has 10 heteroatoms. The van der Waals surface area contributed by atoms with Gasteiger partial charge in [0.2, 0.25) is 5.91 Å². The van der Waals surface area contributed by atoms with Crippen LogP contribution in [0, 0.1) is 11.7 Å². The van der Waals surface area contributed by atoms with Crippen molar-refractivity contribution in [1.29, 1.82) is 0 Å². The number of amides is 2. The normalized spacial score (nSPS) is 21.2. The Labute approximate surface area is 205 Å². The van der Waals surface area contributed by atoms with Crippen LogP contribution in [0.4, 0.5) is 20.6 Å². The first kappa shape index (κ1) is 24.7. The second kappa shape index (κ2) is 11.3. The summed E-state index contributed by atoms with van der Waals surface area (Å²) >= 11 is 5.46. The van der Waals surface area contributed by atoms with E-state index in [0.29, 0.717) is 56.6 Å². The highest BCUT2D eigenvalue weighted by Crippen LogP contribution is 2.29. The van der Waals surface area contributed by atoms with Gasteiger partial charge in [-0.05, 0) is 24.1 Å². The highest BCUT2D eigenvalue weighted by molar-refractivity contribution is 7.80. The van der Waals surface area contributed by atoms with Gasteiger partial charge in [-0.2, -0.15) is 0 Å². The van der Waals surface area contributed by atoms with Gasteiger partial charge < -0.3 is 24.6 Å². The molecule has 3 fully saturated rings.